The van der Waals surface area contributed by atoms with E-state index in [1.165, 1.54) is 24.5 Å². The van der Waals surface area contributed by atoms with Crippen LogP contribution in [0.2, 0.25) is 0 Å². The van der Waals surface area contributed by atoms with Crippen molar-refractivity contribution >= 4 is 44.3 Å². The molecule has 100 valence electrons. The van der Waals surface area contributed by atoms with Crippen LogP contribution in [-0.2, 0) is 10.0 Å². The van der Waals surface area contributed by atoms with Gasteiger partial charge in [-0.3, -0.25) is 9.82 Å². The van der Waals surface area contributed by atoms with Gasteiger partial charge >= 0.3 is 5.97 Å². The molecule has 0 atom stereocenters. The summed E-state index contributed by atoms with van der Waals surface area (Å²) >= 11 is 1.83. The Kier molecular flexibility index (Phi) is 3.75. The minimum atomic E-state index is -3.83. The standard InChI is InChI=1S/C10H8IN3O4S/c11-9-2-1-7(3-8(9)10(15)16)19(17,18)14-6-4-12-13-5-6/h1-5,14H,(H,12,13)(H,15,16). The van der Waals surface area contributed by atoms with E-state index in [0.29, 0.717) is 3.57 Å². The summed E-state index contributed by atoms with van der Waals surface area (Å²) in [6.07, 6.45) is 2.69. The monoisotopic (exact) mass is 393 g/mol. The number of halogens is 1. The first-order valence-electron chi connectivity index (χ1n) is 4.94. The molecule has 3 N–H and O–H groups in total. The lowest BCUT2D eigenvalue weighted by Crippen LogP contribution is -2.13. The Morgan fingerprint density at radius 3 is 2.74 bits per heavy atom. The molecule has 19 heavy (non-hydrogen) atoms. The Hall–Kier alpha value is -1.62. The second-order valence-electron chi connectivity index (χ2n) is 3.54. The van der Waals surface area contributed by atoms with E-state index >= 15 is 0 Å². The lowest BCUT2D eigenvalue weighted by Gasteiger charge is -2.07. The van der Waals surface area contributed by atoms with Crippen LogP contribution in [0.5, 0.6) is 0 Å². The summed E-state index contributed by atoms with van der Waals surface area (Å²) in [6, 6.07) is 3.90. The maximum Gasteiger partial charge on any atom is 0.336 e. The molecule has 0 aliphatic rings. The number of aromatic carboxylic acids is 1. The SMILES string of the molecule is O=C(O)c1cc(S(=O)(=O)Nc2cn[nH]c2)ccc1I. The number of benzene rings is 1. The number of carboxylic acids is 1. The van der Waals surface area contributed by atoms with Gasteiger partial charge in [0.15, 0.2) is 0 Å². The molecule has 0 amide bonds. The number of sulfonamides is 1. The fourth-order valence-corrected chi connectivity index (χ4v) is 2.98. The van der Waals surface area contributed by atoms with E-state index in [-0.39, 0.29) is 16.1 Å². The average molecular weight is 393 g/mol. The van der Waals surface area contributed by atoms with Gasteiger partial charge < -0.3 is 5.11 Å². The second-order valence-corrected chi connectivity index (χ2v) is 6.38. The third kappa shape index (κ3) is 3.04. The van der Waals surface area contributed by atoms with Gasteiger partial charge in [-0.1, -0.05) is 0 Å². The van der Waals surface area contributed by atoms with Crippen molar-refractivity contribution in [2.24, 2.45) is 0 Å². The summed E-state index contributed by atoms with van der Waals surface area (Å²) in [5.41, 5.74) is 0.214. The lowest BCUT2D eigenvalue weighted by molar-refractivity contribution is 0.0695. The van der Waals surface area contributed by atoms with Gasteiger partial charge in [-0.25, -0.2) is 13.2 Å². The predicted molar refractivity (Wildman–Crippen MR) is 75.5 cm³/mol. The topological polar surface area (TPSA) is 112 Å². The van der Waals surface area contributed by atoms with Crippen molar-refractivity contribution in [3.8, 4) is 0 Å². The molecule has 1 aromatic carbocycles. The molecule has 0 saturated heterocycles. The summed E-state index contributed by atoms with van der Waals surface area (Å²) in [5.74, 6) is -1.18. The first kappa shape index (κ1) is 13.8. The smallest absolute Gasteiger partial charge is 0.336 e. The zero-order valence-electron chi connectivity index (χ0n) is 9.29. The molecule has 1 heterocycles. The van der Waals surface area contributed by atoms with Gasteiger partial charge in [0.2, 0.25) is 0 Å². The molecule has 2 aromatic rings. The van der Waals surface area contributed by atoms with Crippen LogP contribution < -0.4 is 4.72 Å². The number of hydrogen-bond acceptors (Lipinski definition) is 4. The molecule has 0 bridgehead atoms. The Morgan fingerprint density at radius 2 is 2.16 bits per heavy atom. The van der Waals surface area contributed by atoms with Gasteiger partial charge in [-0.2, -0.15) is 5.10 Å². The van der Waals surface area contributed by atoms with E-state index in [1.54, 1.807) is 0 Å². The number of carbonyl (C=O) groups is 1. The minimum absolute atomic E-state index is 0.0596. The van der Waals surface area contributed by atoms with Crippen molar-refractivity contribution in [1.29, 1.82) is 0 Å². The first-order chi connectivity index (χ1) is 8.90. The minimum Gasteiger partial charge on any atom is -0.478 e. The Balaban J connectivity index is 2.41. The van der Waals surface area contributed by atoms with E-state index in [9.17, 15) is 13.2 Å². The normalized spacial score (nSPS) is 11.2. The van der Waals surface area contributed by atoms with Crippen LogP contribution in [0.25, 0.3) is 0 Å². The lowest BCUT2D eigenvalue weighted by atomic mass is 10.2. The number of anilines is 1. The van der Waals surface area contributed by atoms with E-state index in [4.69, 9.17) is 5.11 Å². The Labute approximate surface area is 122 Å². The van der Waals surface area contributed by atoms with Gasteiger partial charge in [0.1, 0.15) is 0 Å². The molecule has 2 rings (SSSR count). The maximum atomic E-state index is 12.0. The van der Waals surface area contributed by atoms with Crippen molar-refractivity contribution in [3.63, 3.8) is 0 Å². The van der Waals surface area contributed by atoms with E-state index in [0.717, 1.165) is 6.07 Å². The highest BCUT2D eigenvalue weighted by atomic mass is 127. The van der Waals surface area contributed by atoms with Gasteiger partial charge in [0, 0.05) is 9.77 Å². The van der Waals surface area contributed by atoms with Crippen molar-refractivity contribution in [3.05, 3.63) is 39.7 Å². The number of nitrogens with one attached hydrogen (secondary N) is 2. The molecular formula is C10H8IN3O4S. The van der Waals surface area contributed by atoms with E-state index < -0.39 is 16.0 Å². The first-order valence-corrected chi connectivity index (χ1v) is 7.51. The fourth-order valence-electron chi connectivity index (χ4n) is 1.36. The Morgan fingerprint density at radius 1 is 1.42 bits per heavy atom. The molecule has 0 saturated carbocycles. The van der Waals surface area contributed by atoms with Crippen LogP contribution >= 0.6 is 22.6 Å². The van der Waals surface area contributed by atoms with Crippen molar-refractivity contribution in [1.82, 2.24) is 10.2 Å². The summed E-state index contributed by atoms with van der Waals surface area (Å²) in [4.78, 5) is 10.9. The van der Waals surface area contributed by atoms with Gasteiger partial charge in [0.25, 0.3) is 10.0 Å². The molecule has 0 aliphatic carbocycles. The number of H-pyrrole nitrogens is 1. The summed E-state index contributed by atoms with van der Waals surface area (Å²) in [6.45, 7) is 0. The predicted octanol–water partition coefficient (Wildman–Crippen LogP) is 1.51. The molecule has 0 spiro atoms. The van der Waals surface area contributed by atoms with E-state index in [1.807, 2.05) is 22.6 Å². The maximum absolute atomic E-state index is 12.0. The molecule has 0 radical (unpaired) electrons. The molecule has 9 heteroatoms. The average Bonchev–Trinajstić information content (AvgIpc) is 2.80. The third-order valence-electron chi connectivity index (χ3n) is 2.23. The fraction of sp³-hybridized carbons (Fsp3) is 0. The quantitative estimate of drug-likeness (QED) is 0.682. The highest BCUT2D eigenvalue weighted by molar-refractivity contribution is 14.1. The van der Waals surface area contributed by atoms with Crippen LogP contribution in [0.3, 0.4) is 0 Å². The van der Waals surface area contributed by atoms with Crippen LogP contribution in [0.1, 0.15) is 10.4 Å². The molecule has 1 aromatic heterocycles. The van der Waals surface area contributed by atoms with Crippen LogP contribution in [0, 0.1) is 3.57 Å². The highest BCUT2D eigenvalue weighted by Gasteiger charge is 2.18. The summed E-state index contributed by atoms with van der Waals surface area (Å²) < 4.78 is 26.8. The molecular weight excluding hydrogens is 385 g/mol. The number of carboxylic acid groups (broad SMARTS) is 1. The van der Waals surface area contributed by atoms with Crippen molar-refractivity contribution in [2.45, 2.75) is 4.90 Å². The largest absolute Gasteiger partial charge is 0.478 e. The van der Waals surface area contributed by atoms with Gasteiger partial charge in [-0.05, 0) is 40.8 Å². The van der Waals surface area contributed by atoms with Crippen LogP contribution in [0.15, 0.2) is 35.5 Å². The molecule has 0 aliphatic heterocycles. The van der Waals surface area contributed by atoms with Gasteiger partial charge in [0.05, 0.1) is 22.3 Å². The molecule has 0 unspecified atom stereocenters. The zero-order chi connectivity index (χ0) is 14.0. The second kappa shape index (κ2) is 5.17. The highest BCUT2D eigenvalue weighted by Crippen LogP contribution is 2.20. The van der Waals surface area contributed by atoms with E-state index in [2.05, 4.69) is 14.9 Å². The Bertz CT molecular complexity index is 712. The number of aromatic amines is 1. The summed E-state index contributed by atoms with van der Waals surface area (Å²) in [7, 11) is -3.83. The van der Waals surface area contributed by atoms with Crippen LogP contribution in [-0.4, -0.2) is 29.7 Å². The van der Waals surface area contributed by atoms with Crippen molar-refractivity contribution < 1.29 is 18.3 Å². The molecule has 0 fully saturated rings. The van der Waals surface area contributed by atoms with Gasteiger partial charge in [-0.15, -0.1) is 0 Å². The number of rotatable bonds is 4. The van der Waals surface area contributed by atoms with Crippen LogP contribution in [0.4, 0.5) is 5.69 Å². The zero-order valence-corrected chi connectivity index (χ0v) is 12.3. The third-order valence-corrected chi connectivity index (χ3v) is 4.55. The molecule has 7 nitrogen and oxygen atoms in total. The number of nitrogens with zero attached hydrogens (tertiary/aromatic N) is 1. The summed E-state index contributed by atoms with van der Waals surface area (Å²) in [5, 5.41) is 15.1. The van der Waals surface area contributed by atoms with Crippen molar-refractivity contribution in [2.75, 3.05) is 4.72 Å². The number of hydrogen-bond donors (Lipinski definition) is 3. The number of aromatic nitrogens is 2.